The monoisotopic (exact) mass is 879 g/mol. The molecule has 2 aliphatic carbocycles. The van der Waals surface area contributed by atoms with Crippen LogP contribution in [0.2, 0.25) is 0 Å². The van der Waals surface area contributed by atoms with Crippen LogP contribution in [0.3, 0.4) is 0 Å². The summed E-state index contributed by atoms with van der Waals surface area (Å²) in [6.45, 7) is 6.44. The molecule has 2 amide bonds. The minimum Gasteiger partial charge on any atom is -0.370 e. The Morgan fingerprint density at radius 2 is 1.05 bits per heavy atom. The molecule has 16 nitrogen and oxygen atoms in total. The Morgan fingerprint density at radius 1 is 0.625 bits per heavy atom. The molecule has 2 atom stereocenters. The van der Waals surface area contributed by atoms with Crippen molar-refractivity contribution in [3.8, 4) is 0 Å². The van der Waals surface area contributed by atoms with Gasteiger partial charge in [0.2, 0.25) is 11.8 Å². The molecule has 0 radical (unpaired) electrons. The number of pyridine rings is 2. The van der Waals surface area contributed by atoms with Gasteiger partial charge in [-0.2, -0.15) is 10.2 Å². The maximum atomic E-state index is 12.4. The first-order chi connectivity index (χ1) is 31.2. The summed E-state index contributed by atoms with van der Waals surface area (Å²) in [5.41, 5.74) is 5.03. The molecule has 6 heterocycles. The predicted molar refractivity (Wildman–Crippen MR) is 245 cm³/mol. The zero-order chi connectivity index (χ0) is 44.7. The Bertz CT molecular complexity index is 2040. The van der Waals surface area contributed by atoms with Crippen molar-refractivity contribution in [2.45, 2.75) is 128 Å². The maximum Gasteiger partial charge on any atom is 0.269 e. The summed E-state index contributed by atoms with van der Waals surface area (Å²) in [7, 11) is 0. The van der Waals surface area contributed by atoms with Crippen LogP contribution in [0, 0.1) is 25.7 Å². The van der Waals surface area contributed by atoms with Crippen molar-refractivity contribution in [2.24, 2.45) is 11.8 Å². The Labute approximate surface area is 375 Å². The van der Waals surface area contributed by atoms with Crippen LogP contribution >= 0.6 is 0 Å². The first kappa shape index (κ1) is 46.5. The molecule has 4 aromatic heterocycles. The molecule has 0 unspecified atom stereocenters. The van der Waals surface area contributed by atoms with Crippen LogP contribution in [-0.2, 0) is 31.9 Å². The summed E-state index contributed by atoms with van der Waals surface area (Å²) < 4.78 is 11.5. The van der Waals surface area contributed by atoms with Gasteiger partial charge in [-0.1, -0.05) is 12.1 Å². The molecule has 4 aromatic rings. The lowest BCUT2D eigenvalue weighted by molar-refractivity contribution is -0.127. The summed E-state index contributed by atoms with van der Waals surface area (Å²) >= 11 is 0. The molecule has 4 fully saturated rings. The second-order valence-corrected chi connectivity index (χ2v) is 18.0. The van der Waals surface area contributed by atoms with Crippen molar-refractivity contribution < 1.29 is 19.1 Å². The number of carbonyl (C=O) groups is 2. The van der Waals surface area contributed by atoms with E-state index in [2.05, 4.69) is 62.9 Å². The fourth-order valence-electron chi connectivity index (χ4n) is 9.89. The van der Waals surface area contributed by atoms with Gasteiger partial charge in [0, 0.05) is 60.1 Å². The van der Waals surface area contributed by atoms with Crippen LogP contribution < -0.4 is 31.6 Å². The summed E-state index contributed by atoms with van der Waals surface area (Å²) in [6, 6.07) is 12.9. The Kier molecular flexibility index (Phi) is 17.0. The third-order valence-corrected chi connectivity index (χ3v) is 13.5. The van der Waals surface area contributed by atoms with E-state index in [1.54, 1.807) is 12.4 Å². The van der Waals surface area contributed by atoms with Crippen molar-refractivity contribution in [1.82, 2.24) is 41.0 Å². The number of aromatic nitrogens is 6. The Morgan fingerprint density at radius 3 is 1.44 bits per heavy atom. The molecule has 0 aromatic carbocycles. The summed E-state index contributed by atoms with van der Waals surface area (Å²) in [5, 5.41) is 19.1. The number of hydrogen-bond acceptors (Lipinski definition) is 12. The van der Waals surface area contributed by atoms with E-state index >= 15 is 0 Å². The van der Waals surface area contributed by atoms with Gasteiger partial charge in [0.05, 0.1) is 49.1 Å². The molecule has 2 aliphatic heterocycles. The normalized spacial score (nSPS) is 23.3. The van der Waals surface area contributed by atoms with Gasteiger partial charge < -0.3 is 29.9 Å². The lowest BCUT2D eigenvalue weighted by Crippen LogP contribution is -2.41. The second kappa shape index (κ2) is 23.4. The Balaban J connectivity index is 0.000000191. The topological polar surface area (TPSA) is 200 Å². The highest BCUT2D eigenvalue weighted by molar-refractivity contribution is 5.78. The van der Waals surface area contributed by atoms with Gasteiger partial charge in [0.1, 0.15) is 13.2 Å². The minimum atomic E-state index is -0.164. The first-order valence-corrected chi connectivity index (χ1v) is 23.4. The van der Waals surface area contributed by atoms with Gasteiger partial charge in [-0.3, -0.25) is 29.1 Å². The molecule has 2 saturated carbocycles. The van der Waals surface area contributed by atoms with E-state index in [-0.39, 0.29) is 60.3 Å². The van der Waals surface area contributed by atoms with E-state index < -0.39 is 0 Å². The van der Waals surface area contributed by atoms with E-state index in [1.807, 2.05) is 50.5 Å². The number of rotatable bonds is 16. The molecule has 16 heteroatoms. The number of aromatic amines is 2. The van der Waals surface area contributed by atoms with E-state index in [0.29, 0.717) is 36.2 Å². The summed E-state index contributed by atoms with van der Waals surface area (Å²) in [5.74, 6) is 1.20. The number of nitrogens with one attached hydrogen (secondary N) is 4. The molecular weight excluding hydrogens is 813 g/mol. The highest BCUT2D eigenvalue weighted by Crippen LogP contribution is 2.30. The van der Waals surface area contributed by atoms with E-state index in [0.717, 1.165) is 126 Å². The van der Waals surface area contributed by atoms with Crippen molar-refractivity contribution in [3.05, 3.63) is 104 Å². The molecule has 2 saturated heterocycles. The molecule has 344 valence electrons. The smallest absolute Gasteiger partial charge is 0.269 e. The van der Waals surface area contributed by atoms with Crippen LogP contribution in [0.15, 0.2) is 70.8 Å². The highest BCUT2D eigenvalue weighted by atomic mass is 16.5. The number of carbonyl (C=O) groups excluding carboxylic acids is 2. The van der Waals surface area contributed by atoms with E-state index in [1.165, 1.54) is 0 Å². The summed E-state index contributed by atoms with van der Waals surface area (Å²) in [4.78, 5) is 61.8. The van der Waals surface area contributed by atoms with Crippen molar-refractivity contribution in [3.63, 3.8) is 0 Å². The predicted octanol–water partition coefficient (Wildman–Crippen LogP) is 4.75. The van der Waals surface area contributed by atoms with Gasteiger partial charge in [-0.05, 0) is 140 Å². The average molecular weight is 879 g/mol. The second-order valence-electron chi connectivity index (χ2n) is 18.0. The lowest BCUT2D eigenvalue weighted by atomic mass is 9.83. The lowest BCUT2D eigenvalue weighted by Gasteiger charge is -2.29. The number of H-pyrrole nitrogens is 2. The van der Waals surface area contributed by atoms with Gasteiger partial charge >= 0.3 is 0 Å². The minimum absolute atomic E-state index is 0.0447. The number of amides is 2. The van der Waals surface area contributed by atoms with Crippen molar-refractivity contribution in [2.75, 3.05) is 49.3 Å². The van der Waals surface area contributed by atoms with Gasteiger partial charge in [0.15, 0.2) is 0 Å². The molecule has 0 spiro atoms. The highest BCUT2D eigenvalue weighted by Gasteiger charge is 2.30. The number of hydrogen-bond donors (Lipinski definition) is 4. The average Bonchev–Trinajstić information content (AvgIpc) is 3.98. The largest absolute Gasteiger partial charge is 0.370 e. The van der Waals surface area contributed by atoms with Crippen molar-refractivity contribution >= 4 is 23.2 Å². The van der Waals surface area contributed by atoms with Crippen LogP contribution in [0.5, 0.6) is 0 Å². The molecule has 8 rings (SSSR count). The van der Waals surface area contributed by atoms with Gasteiger partial charge in [-0.15, -0.1) is 0 Å². The molecule has 4 N–H and O–H groups in total. The zero-order valence-electron chi connectivity index (χ0n) is 37.5. The SMILES string of the molecule is Cc1c(N2CCC[C@H]2COCC(=O)NC2CCC(Cc3ccccn3)CC2)cn[nH]c1=O.Cc1c(N2CCC[C@H]2COCC(=O)NC2CCC(Cc3ccccn3)CC2)cn[nH]c1=O. The van der Waals surface area contributed by atoms with E-state index in [9.17, 15) is 19.2 Å². The van der Waals surface area contributed by atoms with Crippen LogP contribution in [-0.4, -0.2) is 106 Å². The van der Waals surface area contributed by atoms with Gasteiger partial charge in [-0.25, -0.2) is 10.2 Å². The fourth-order valence-corrected chi connectivity index (χ4v) is 9.89. The third-order valence-electron chi connectivity index (χ3n) is 13.5. The zero-order valence-corrected chi connectivity index (χ0v) is 37.5. The molecule has 64 heavy (non-hydrogen) atoms. The number of nitrogens with zero attached hydrogens (tertiary/aromatic N) is 6. The van der Waals surface area contributed by atoms with Crippen LogP contribution in [0.4, 0.5) is 11.4 Å². The van der Waals surface area contributed by atoms with E-state index in [4.69, 9.17) is 9.47 Å². The van der Waals surface area contributed by atoms with Crippen molar-refractivity contribution in [1.29, 1.82) is 0 Å². The quantitative estimate of drug-likeness (QED) is 0.121. The van der Waals surface area contributed by atoms with Crippen LogP contribution in [0.1, 0.15) is 99.6 Å². The van der Waals surface area contributed by atoms with Gasteiger partial charge in [0.25, 0.3) is 11.1 Å². The first-order valence-electron chi connectivity index (χ1n) is 23.4. The molecular formula is C48H66N10O6. The Hall–Kier alpha value is -5.48. The molecule has 0 bridgehead atoms. The fraction of sp³-hybridized carbons (Fsp3) is 0.583. The van der Waals surface area contributed by atoms with Crippen LogP contribution in [0.25, 0.3) is 0 Å². The molecule has 4 aliphatic rings. The standard InChI is InChI=1S/2C24H33N5O3/c2*1-17-22(14-26-28-24(17)31)29-12-4-6-21(29)15-32-16-23(30)27-19-9-7-18(8-10-19)13-20-5-2-3-11-25-20/h2*2-3,5,11,14,18-19,21H,4,6-10,12-13,15-16H2,1H3,(H,27,30)(H,28,31)/t2*18?,19?,21-/m00/s1. The number of ether oxygens (including phenoxy) is 2. The summed E-state index contributed by atoms with van der Waals surface area (Å²) in [6.07, 6.45) is 21.7. The maximum absolute atomic E-state index is 12.4. The number of anilines is 2. The third kappa shape index (κ3) is 13.3.